The van der Waals surface area contributed by atoms with Crippen molar-refractivity contribution in [2.45, 2.75) is 38.7 Å². The molecule has 2 heterocycles. The smallest absolute Gasteiger partial charge is 0.323 e. The Balaban J connectivity index is 1.85. The second kappa shape index (κ2) is 6.04. The van der Waals surface area contributed by atoms with E-state index in [0.29, 0.717) is 11.9 Å². The summed E-state index contributed by atoms with van der Waals surface area (Å²) in [6.45, 7) is 2.20. The van der Waals surface area contributed by atoms with Crippen LogP contribution in [0.25, 0.3) is 5.95 Å². The van der Waals surface area contributed by atoms with Crippen molar-refractivity contribution in [3.8, 4) is 12.0 Å². The second-order valence-corrected chi connectivity index (χ2v) is 5.25. The molecule has 0 aliphatic heterocycles. The molecule has 0 aromatic carbocycles. The van der Waals surface area contributed by atoms with Crippen LogP contribution in [-0.2, 0) is 0 Å². The van der Waals surface area contributed by atoms with Gasteiger partial charge in [0, 0.05) is 12.4 Å². The molecule has 3 rings (SSSR count). The topological polar surface area (TPSA) is 104 Å². The normalized spacial score (nSPS) is 22.0. The average molecular weight is 289 g/mol. The maximum Gasteiger partial charge on any atom is 0.323 e. The van der Waals surface area contributed by atoms with Gasteiger partial charge in [-0.1, -0.05) is 13.3 Å². The van der Waals surface area contributed by atoms with Crippen molar-refractivity contribution in [1.82, 2.24) is 24.7 Å². The van der Waals surface area contributed by atoms with Gasteiger partial charge in [-0.05, 0) is 31.2 Å². The minimum absolute atomic E-state index is 0.136. The predicted molar refractivity (Wildman–Crippen MR) is 76.8 cm³/mol. The summed E-state index contributed by atoms with van der Waals surface area (Å²) >= 11 is 0. The number of nitrogens with one attached hydrogen (secondary N) is 1. The molecule has 2 aromatic rings. The summed E-state index contributed by atoms with van der Waals surface area (Å²) in [5, 5.41) is 4.10. The van der Waals surface area contributed by atoms with Crippen LogP contribution in [0.1, 0.15) is 32.6 Å². The zero-order valence-corrected chi connectivity index (χ0v) is 11.9. The predicted octanol–water partition coefficient (Wildman–Crippen LogP) is 1.30. The van der Waals surface area contributed by atoms with Crippen LogP contribution in [0.3, 0.4) is 0 Å². The number of aromatic nitrogens is 5. The minimum Gasteiger partial charge on any atom is -0.460 e. The van der Waals surface area contributed by atoms with Crippen molar-refractivity contribution in [1.29, 1.82) is 0 Å². The van der Waals surface area contributed by atoms with Crippen molar-refractivity contribution in [3.05, 3.63) is 18.5 Å². The van der Waals surface area contributed by atoms with E-state index < -0.39 is 0 Å². The maximum atomic E-state index is 5.95. The number of anilines is 1. The molecule has 8 nitrogen and oxygen atoms in total. The number of rotatable bonds is 4. The van der Waals surface area contributed by atoms with Crippen LogP contribution in [-0.4, -0.2) is 30.8 Å². The van der Waals surface area contributed by atoms with E-state index in [1.54, 1.807) is 23.1 Å². The molecule has 0 amide bonds. The van der Waals surface area contributed by atoms with Gasteiger partial charge in [0.15, 0.2) is 0 Å². The molecule has 0 radical (unpaired) electrons. The van der Waals surface area contributed by atoms with Crippen molar-refractivity contribution in [2.24, 2.45) is 11.8 Å². The lowest BCUT2D eigenvalue weighted by atomic mass is 9.88. The molecule has 112 valence electrons. The van der Waals surface area contributed by atoms with Crippen LogP contribution in [0.4, 0.5) is 5.95 Å². The quantitative estimate of drug-likeness (QED) is 0.645. The number of nitrogens with two attached hydrogens (primary N) is 1. The zero-order valence-electron chi connectivity index (χ0n) is 11.9. The van der Waals surface area contributed by atoms with E-state index in [9.17, 15) is 0 Å². The third-order valence-corrected chi connectivity index (χ3v) is 3.73. The highest BCUT2D eigenvalue weighted by atomic mass is 16.5. The van der Waals surface area contributed by atoms with Crippen LogP contribution in [0, 0.1) is 5.92 Å². The summed E-state index contributed by atoms with van der Waals surface area (Å²) in [4.78, 5) is 12.7. The number of ether oxygens (including phenoxy) is 1. The van der Waals surface area contributed by atoms with Crippen LogP contribution in [0.2, 0.25) is 0 Å². The van der Waals surface area contributed by atoms with Crippen LogP contribution in [0.5, 0.6) is 6.01 Å². The Kier molecular flexibility index (Phi) is 3.96. The van der Waals surface area contributed by atoms with Gasteiger partial charge in [0.2, 0.25) is 5.95 Å². The lowest BCUT2D eigenvalue weighted by Gasteiger charge is -2.28. The van der Waals surface area contributed by atoms with E-state index >= 15 is 0 Å². The van der Waals surface area contributed by atoms with Gasteiger partial charge in [-0.2, -0.15) is 20.1 Å². The molecule has 2 atom stereocenters. The molecule has 2 unspecified atom stereocenters. The van der Waals surface area contributed by atoms with Gasteiger partial charge in [0.1, 0.15) is 6.10 Å². The first-order chi connectivity index (χ1) is 10.3. The summed E-state index contributed by atoms with van der Waals surface area (Å²) in [6, 6.07) is 2.07. The van der Waals surface area contributed by atoms with Gasteiger partial charge in [-0.25, -0.2) is 10.5 Å². The lowest BCUT2D eigenvalue weighted by molar-refractivity contribution is 0.0921. The number of nitrogens with zero attached hydrogens (tertiary/aromatic N) is 5. The van der Waals surface area contributed by atoms with E-state index in [0.717, 1.165) is 6.42 Å². The molecule has 1 saturated carbocycles. The molecule has 1 aliphatic carbocycles. The molecule has 8 heteroatoms. The Morgan fingerprint density at radius 2 is 2.14 bits per heavy atom. The molecule has 21 heavy (non-hydrogen) atoms. The van der Waals surface area contributed by atoms with E-state index in [-0.39, 0.29) is 18.1 Å². The van der Waals surface area contributed by atoms with E-state index in [4.69, 9.17) is 10.6 Å². The number of nitrogen functional groups attached to an aromatic ring is 1. The largest absolute Gasteiger partial charge is 0.460 e. The Morgan fingerprint density at radius 1 is 1.29 bits per heavy atom. The molecule has 0 spiro atoms. The van der Waals surface area contributed by atoms with Gasteiger partial charge in [0.05, 0.1) is 0 Å². The van der Waals surface area contributed by atoms with Crippen molar-refractivity contribution in [2.75, 3.05) is 5.43 Å². The summed E-state index contributed by atoms with van der Waals surface area (Å²) in [7, 11) is 0. The zero-order chi connectivity index (χ0) is 14.7. The first-order valence-corrected chi connectivity index (χ1v) is 7.15. The SMILES string of the molecule is CC1CCCCC1Oc1nc(NN)nc(-n2cccn2)n1. The molecule has 0 saturated heterocycles. The fourth-order valence-corrected chi connectivity index (χ4v) is 2.55. The molecular formula is C13H19N7O. The first-order valence-electron chi connectivity index (χ1n) is 7.15. The summed E-state index contributed by atoms with van der Waals surface area (Å²) < 4.78 is 7.49. The highest BCUT2D eigenvalue weighted by molar-refractivity contribution is 5.28. The number of hydrogen-bond donors (Lipinski definition) is 2. The summed E-state index contributed by atoms with van der Waals surface area (Å²) in [6.07, 6.45) is 8.17. The standard InChI is InChI=1S/C13H19N7O/c1-9-5-2-3-6-10(9)21-13-17-11(19-14)16-12(18-13)20-8-4-7-15-20/h4,7-10H,2-3,5-6,14H2,1H3,(H,16,17,18,19). The molecule has 3 N–H and O–H groups in total. The van der Waals surface area contributed by atoms with Gasteiger partial charge in [0.25, 0.3) is 5.95 Å². The molecule has 1 fully saturated rings. The van der Waals surface area contributed by atoms with Gasteiger partial charge in [-0.15, -0.1) is 0 Å². The Morgan fingerprint density at radius 3 is 2.86 bits per heavy atom. The Hall–Kier alpha value is -2.22. The molecule has 1 aliphatic rings. The van der Waals surface area contributed by atoms with Gasteiger partial charge >= 0.3 is 6.01 Å². The molecule has 0 bridgehead atoms. The average Bonchev–Trinajstić information content (AvgIpc) is 3.04. The van der Waals surface area contributed by atoms with Crippen LogP contribution in [0.15, 0.2) is 18.5 Å². The van der Waals surface area contributed by atoms with Gasteiger partial charge in [-0.3, -0.25) is 5.43 Å². The maximum absolute atomic E-state index is 5.95. The fraction of sp³-hybridized carbons (Fsp3) is 0.538. The van der Waals surface area contributed by atoms with E-state index in [2.05, 4.69) is 32.4 Å². The van der Waals surface area contributed by atoms with Crippen LogP contribution < -0.4 is 16.0 Å². The van der Waals surface area contributed by atoms with Gasteiger partial charge < -0.3 is 4.74 Å². The number of hydrogen-bond acceptors (Lipinski definition) is 7. The van der Waals surface area contributed by atoms with Crippen molar-refractivity contribution >= 4 is 5.95 Å². The fourth-order valence-electron chi connectivity index (χ4n) is 2.55. The molecular weight excluding hydrogens is 270 g/mol. The molecule has 2 aromatic heterocycles. The highest BCUT2D eigenvalue weighted by Gasteiger charge is 2.24. The minimum atomic E-state index is 0.136. The van der Waals surface area contributed by atoms with E-state index in [1.807, 2.05) is 0 Å². The first kappa shape index (κ1) is 13.7. The third kappa shape index (κ3) is 3.10. The highest BCUT2D eigenvalue weighted by Crippen LogP contribution is 2.27. The van der Waals surface area contributed by atoms with Crippen molar-refractivity contribution in [3.63, 3.8) is 0 Å². The third-order valence-electron chi connectivity index (χ3n) is 3.73. The Labute approximate surface area is 122 Å². The van der Waals surface area contributed by atoms with E-state index in [1.165, 1.54) is 19.3 Å². The Bertz CT molecular complexity index is 586. The summed E-state index contributed by atoms with van der Waals surface area (Å²) in [5.74, 6) is 6.55. The van der Waals surface area contributed by atoms with Crippen molar-refractivity contribution < 1.29 is 4.74 Å². The van der Waals surface area contributed by atoms with Crippen LogP contribution >= 0.6 is 0 Å². The second-order valence-electron chi connectivity index (χ2n) is 5.25. The number of hydrazine groups is 1. The monoisotopic (exact) mass is 289 g/mol. The lowest BCUT2D eigenvalue weighted by Crippen LogP contribution is -2.29. The summed E-state index contributed by atoms with van der Waals surface area (Å²) in [5.41, 5.74) is 2.43.